The fourth-order valence-electron chi connectivity index (χ4n) is 2.51. The van der Waals surface area contributed by atoms with Crippen LogP contribution in [0.25, 0.3) is 0 Å². The van der Waals surface area contributed by atoms with Crippen molar-refractivity contribution < 1.29 is 9.53 Å². The summed E-state index contributed by atoms with van der Waals surface area (Å²) in [6, 6.07) is 10.1. The zero-order chi connectivity index (χ0) is 12.3. The van der Waals surface area contributed by atoms with Crippen LogP contribution in [0, 0.1) is 11.8 Å². The largest absolute Gasteiger partial charge is 0.457 e. The van der Waals surface area contributed by atoms with Crippen molar-refractivity contribution >= 4 is 5.97 Å². The molecule has 0 unspecified atom stereocenters. The van der Waals surface area contributed by atoms with Crippen molar-refractivity contribution in [2.24, 2.45) is 11.8 Å². The van der Waals surface area contributed by atoms with Crippen molar-refractivity contribution in [3.05, 3.63) is 35.9 Å². The van der Waals surface area contributed by atoms with Gasteiger partial charge in [0.15, 0.2) is 0 Å². The van der Waals surface area contributed by atoms with Gasteiger partial charge in [-0.15, -0.1) is 0 Å². The minimum absolute atomic E-state index is 0.0843. The normalized spacial score (nSPS) is 19.2. The summed E-state index contributed by atoms with van der Waals surface area (Å²) in [5.74, 6) is 0.930. The second-order valence-corrected chi connectivity index (χ2v) is 4.99. The molecule has 0 saturated heterocycles. The lowest BCUT2D eigenvalue weighted by Crippen LogP contribution is -2.27. The predicted molar refractivity (Wildman–Crippen MR) is 67.5 cm³/mol. The standard InChI is InChI=1S/C15H20O2/c1-11(13-9-6-10-13)15(17-12(2)16)14-7-4-3-5-8-14/h3-5,7-8,11,13,15H,6,9-10H2,1-2H3/t11-,15+/m1/s1. The van der Waals surface area contributed by atoms with E-state index in [1.807, 2.05) is 30.3 Å². The van der Waals surface area contributed by atoms with Crippen LogP contribution in [-0.2, 0) is 9.53 Å². The second-order valence-electron chi connectivity index (χ2n) is 4.99. The molecule has 1 aliphatic rings. The van der Waals surface area contributed by atoms with E-state index < -0.39 is 0 Å². The Hall–Kier alpha value is -1.31. The van der Waals surface area contributed by atoms with Crippen LogP contribution in [0.3, 0.4) is 0 Å². The summed E-state index contributed by atoms with van der Waals surface area (Å²) in [5, 5.41) is 0. The van der Waals surface area contributed by atoms with Gasteiger partial charge in [-0.2, -0.15) is 0 Å². The maximum atomic E-state index is 11.2. The number of esters is 1. The molecule has 17 heavy (non-hydrogen) atoms. The lowest BCUT2D eigenvalue weighted by atomic mass is 9.73. The molecule has 1 saturated carbocycles. The molecule has 0 aliphatic heterocycles. The molecule has 1 aliphatic carbocycles. The van der Waals surface area contributed by atoms with Crippen molar-refractivity contribution in [2.45, 2.75) is 39.2 Å². The Morgan fingerprint density at radius 3 is 2.41 bits per heavy atom. The highest BCUT2D eigenvalue weighted by molar-refractivity contribution is 5.66. The minimum atomic E-state index is -0.190. The summed E-state index contributed by atoms with van der Waals surface area (Å²) in [7, 11) is 0. The van der Waals surface area contributed by atoms with Gasteiger partial charge in [0.05, 0.1) is 0 Å². The van der Waals surface area contributed by atoms with Crippen LogP contribution in [0.15, 0.2) is 30.3 Å². The van der Waals surface area contributed by atoms with E-state index >= 15 is 0 Å². The van der Waals surface area contributed by atoms with Gasteiger partial charge in [-0.25, -0.2) is 0 Å². The molecule has 2 nitrogen and oxygen atoms in total. The van der Waals surface area contributed by atoms with Gasteiger partial charge in [-0.1, -0.05) is 56.5 Å². The molecule has 92 valence electrons. The van der Waals surface area contributed by atoms with E-state index in [1.165, 1.54) is 26.2 Å². The van der Waals surface area contributed by atoms with Crippen molar-refractivity contribution in [2.75, 3.05) is 0 Å². The number of hydrogen-bond acceptors (Lipinski definition) is 2. The molecule has 2 atom stereocenters. The third-order valence-corrected chi connectivity index (χ3v) is 3.79. The maximum Gasteiger partial charge on any atom is 0.303 e. The molecule has 2 rings (SSSR count). The molecule has 1 fully saturated rings. The number of carbonyl (C=O) groups is 1. The molecule has 0 spiro atoms. The molecule has 0 aromatic heterocycles. The SMILES string of the molecule is CC(=O)O[C@H](c1ccccc1)[C@H](C)C1CCC1. The topological polar surface area (TPSA) is 26.3 Å². The molecule has 0 bridgehead atoms. The number of carbonyl (C=O) groups excluding carboxylic acids is 1. The van der Waals surface area contributed by atoms with Gasteiger partial charge in [0.1, 0.15) is 6.10 Å². The third kappa shape index (κ3) is 2.87. The first kappa shape index (κ1) is 12.2. The Bertz CT molecular complexity index is 368. The fourth-order valence-corrected chi connectivity index (χ4v) is 2.51. The highest BCUT2D eigenvalue weighted by Crippen LogP contribution is 2.41. The van der Waals surface area contributed by atoms with E-state index in [1.54, 1.807) is 0 Å². The molecule has 1 aromatic carbocycles. The average Bonchev–Trinajstić information content (AvgIpc) is 2.24. The first-order valence-corrected chi connectivity index (χ1v) is 6.40. The zero-order valence-corrected chi connectivity index (χ0v) is 10.6. The molecule has 2 heteroatoms. The quantitative estimate of drug-likeness (QED) is 0.739. The monoisotopic (exact) mass is 232 g/mol. The van der Waals surface area contributed by atoms with Gasteiger partial charge >= 0.3 is 5.97 Å². The van der Waals surface area contributed by atoms with E-state index in [0.717, 1.165) is 5.56 Å². The first-order chi connectivity index (χ1) is 8.18. The van der Waals surface area contributed by atoms with Crippen molar-refractivity contribution in [3.63, 3.8) is 0 Å². The number of rotatable bonds is 4. The van der Waals surface area contributed by atoms with Gasteiger partial charge in [0.2, 0.25) is 0 Å². The van der Waals surface area contributed by atoms with E-state index in [4.69, 9.17) is 4.74 Å². The molecule has 0 N–H and O–H groups in total. The van der Waals surface area contributed by atoms with Gasteiger partial charge < -0.3 is 4.74 Å². The Morgan fingerprint density at radius 1 is 1.29 bits per heavy atom. The van der Waals surface area contributed by atoms with Crippen LogP contribution < -0.4 is 0 Å². The summed E-state index contributed by atoms with van der Waals surface area (Å²) >= 11 is 0. The number of ether oxygens (including phenoxy) is 1. The average molecular weight is 232 g/mol. The smallest absolute Gasteiger partial charge is 0.303 e. The molecule has 0 radical (unpaired) electrons. The van der Waals surface area contributed by atoms with E-state index in [2.05, 4.69) is 6.92 Å². The van der Waals surface area contributed by atoms with Crippen molar-refractivity contribution in [1.82, 2.24) is 0 Å². The van der Waals surface area contributed by atoms with Crippen LogP contribution in [0.5, 0.6) is 0 Å². The van der Waals surface area contributed by atoms with Crippen LogP contribution in [0.4, 0.5) is 0 Å². The molecule has 1 aromatic rings. The summed E-state index contributed by atoms with van der Waals surface area (Å²) in [6.07, 6.45) is 3.77. The highest BCUT2D eigenvalue weighted by atomic mass is 16.5. The molecule has 0 heterocycles. The Kier molecular flexibility index (Phi) is 3.82. The highest BCUT2D eigenvalue weighted by Gasteiger charge is 2.32. The van der Waals surface area contributed by atoms with Gasteiger partial charge in [0, 0.05) is 12.8 Å². The first-order valence-electron chi connectivity index (χ1n) is 6.40. The van der Waals surface area contributed by atoms with E-state index in [9.17, 15) is 4.79 Å². The fraction of sp³-hybridized carbons (Fsp3) is 0.533. The summed E-state index contributed by atoms with van der Waals surface area (Å²) < 4.78 is 5.52. The lowest BCUT2D eigenvalue weighted by molar-refractivity contribution is -0.151. The molecule has 0 amide bonds. The van der Waals surface area contributed by atoms with Crippen LogP contribution >= 0.6 is 0 Å². The predicted octanol–water partition coefficient (Wildman–Crippen LogP) is 3.73. The van der Waals surface area contributed by atoms with Gasteiger partial charge in [-0.3, -0.25) is 4.79 Å². The van der Waals surface area contributed by atoms with E-state index in [0.29, 0.717) is 11.8 Å². The summed E-state index contributed by atoms with van der Waals surface area (Å²) in [5.41, 5.74) is 1.11. The van der Waals surface area contributed by atoms with Crippen molar-refractivity contribution in [3.8, 4) is 0 Å². The summed E-state index contributed by atoms with van der Waals surface area (Å²) in [6.45, 7) is 3.69. The number of benzene rings is 1. The maximum absolute atomic E-state index is 11.2. The van der Waals surface area contributed by atoms with Crippen LogP contribution in [-0.4, -0.2) is 5.97 Å². The van der Waals surface area contributed by atoms with Crippen molar-refractivity contribution in [1.29, 1.82) is 0 Å². The Balaban J connectivity index is 2.15. The van der Waals surface area contributed by atoms with Gasteiger partial charge in [-0.05, 0) is 11.5 Å². The van der Waals surface area contributed by atoms with Crippen LogP contribution in [0.1, 0.15) is 44.8 Å². The van der Waals surface area contributed by atoms with Crippen LogP contribution in [0.2, 0.25) is 0 Å². The summed E-state index contributed by atoms with van der Waals surface area (Å²) in [4.78, 5) is 11.2. The Labute approximate surface area is 103 Å². The molecular weight excluding hydrogens is 212 g/mol. The second kappa shape index (κ2) is 5.35. The lowest BCUT2D eigenvalue weighted by Gasteiger charge is -2.36. The number of hydrogen-bond donors (Lipinski definition) is 0. The van der Waals surface area contributed by atoms with E-state index in [-0.39, 0.29) is 12.1 Å². The third-order valence-electron chi connectivity index (χ3n) is 3.79. The molecular formula is C15H20O2. The minimum Gasteiger partial charge on any atom is -0.457 e. The zero-order valence-electron chi connectivity index (χ0n) is 10.6. The Morgan fingerprint density at radius 2 is 1.94 bits per heavy atom. The van der Waals surface area contributed by atoms with Gasteiger partial charge in [0.25, 0.3) is 0 Å².